The van der Waals surface area contributed by atoms with E-state index in [1.165, 1.54) is 17.0 Å². The van der Waals surface area contributed by atoms with Crippen LogP contribution in [-0.2, 0) is 26.2 Å². The molecule has 0 aliphatic rings. The molecular weight excluding hydrogens is 562 g/mol. The Kier molecular flexibility index (Phi) is 11.2. The van der Waals surface area contributed by atoms with Crippen molar-refractivity contribution in [3.63, 3.8) is 0 Å². The molecule has 1 atom stereocenters. The van der Waals surface area contributed by atoms with E-state index < -0.39 is 28.5 Å². The van der Waals surface area contributed by atoms with E-state index in [0.717, 1.165) is 9.87 Å². The first-order chi connectivity index (χ1) is 19.5. The number of hydrogen-bond donors (Lipinski definition) is 1. The number of ether oxygens (including phenoxy) is 1. The van der Waals surface area contributed by atoms with Crippen molar-refractivity contribution in [2.24, 2.45) is 5.92 Å². The average Bonchev–Trinajstić information content (AvgIpc) is 2.97. The molecule has 1 N–H and O–H groups in total. The number of nitrogens with zero attached hydrogens (tertiary/aromatic N) is 2. The SMILES string of the molecule is CCC(C(=O)NCC(C)C)N(Cc1ccc(OC)cc1)C(=O)CN(c1cccc(Cl)c1C)S(=O)(=O)c1ccccc1. The quantitative estimate of drug-likeness (QED) is 0.283. The monoisotopic (exact) mass is 599 g/mol. The summed E-state index contributed by atoms with van der Waals surface area (Å²) in [7, 11) is -2.60. The van der Waals surface area contributed by atoms with E-state index >= 15 is 0 Å². The second-order valence-corrected chi connectivity index (χ2v) is 12.4. The summed E-state index contributed by atoms with van der Waals surface area (Å²) >= 11 is 6.38. The van der Waals surface area contributed by atoms with Crippen molar-refractivity contribution >= 4 is 39.1 Å². The maximum atomic E-state index is 14.2. The summed E-state index contributed by atoms with van der Waals surface area (Å²) in [6.45, 7) is 7.54. The lowest BCUT2D eigenvalue weighted by molar-refractivity contribution is -0.140. The molecule has 3 aromatic rings. The summed E-state index contributed by atoms with van der Waals surface area (Å²) in [5, 5.41) is 3.30. The highest BCUT2D eigenvalue weighted by Gasteiger charge is 2.34. The van der Waals surface area contributed by atoms with Crippen molar-refractivity contribution in [2.45, 2.75) is 51.6 Å². The third-order valence-electron chi connectivity index (χ3n) is 6.70. The van der Waals surface area contributed by atoms with Gasteiger partial charge < -0.3 is 15.0 Å². The van der Waals surface area contributed by atoms with Crippen molar-refractivity contribution < 1.29 is 22.7 Å². The second-order valence-electron chi connectivity index (χ2n) is 10.1. The molecule has 0 saturated heterocycles. The van der Waals surface area contributed by atoms with Gasteiger partial charge in [0.05, 0.1) is 17.7 Å². The van der Waals surface area contributed by atoms with Gasteiger partial charge in [0.15, 0.2) is 0 Å². The Morgan fingerprint density at radius 2 is 1.63 bits per heavy atom. The first-order valence-electron chi connectivity index (χ1n) is 13.5. The first kappa shape index (κ1) is 32.0. The third-order valence-corrected chi connectivity index (χ3v) is 8.88. The van der Waals surface area contributed by atoms with Gasteiger partial charge in [-0.15, -0.1) is 0 Å². The highest BCUT2D eigenvalue weighted by molar-refractivity contribution is 7.92. The molecule has 8 nitrogen and oxygen atoms in total. The largest absolute Gasteiger partial charge is 0.497 e. The number of sulfonamides is 1. The smallest absolute Gasteiger partial charge is 0.264 e. The van der Waals surface area contributed by atoms with Crippen LogP contribution < -0.4 is 14.4 Å². The fourth-order valence-corrected chi connectivity index (χ4v) is 6.03. The third kappa shape index (κ3) is 8.01. The molecular formula is C31H38ClN3O5S. The highest BCUT2D eigenvalue weighted by atomic mass is 35.5. The molecule has 0 heterocycles. The molecule has 1 unspecified atom stereocenters. The number of methoxy groups -OCH3 is 1. The molecule has 10 heteroatoms. The van der Waals surface area contributed by atoms with Crippen LogP contribution in [0.1, 0.15) is 38.3 Å². The van der Waals surface area contributed by atoms with Crippen LogP contribution in [0.15, 0.2) is 77.7 Å². The normalized spacial score (nSPS) is 12.1. The minimum absolute atomic E-state index is 0.0376. The summed E-state index contributed by atoms with van der Waals surface area (Å²) in [6.07, 6.45) is 0.341. The van der Waals surface area contributed by atoms with Gasteiger partial charge in [0.25, 0.3) is 10.0 Å². The maximum absolute atomic E-state index is 14.2. The van der Waals surface area contributed by atoms with Crippen molar-refractivity contribution in [1.82, 2.24) is 10.2 Å². The molecule has 0 saturated carbocycles. The van der Waals surface area contributed by atoms with E-state index in [0.29, 0.717) is 29.3 Å². The van der Waals surface area contributed by atoms with E-state index in [1.807, 2.05) is 32.9 Å². The molecule has 3 aromatic carbocycles. The number of carbonyl (C=O) groups is 2. The Bertz CT molecular complexity index is 1430. The van der Waals surface area contributed by atoms with Gasteiger partial charge in [0.1, 0.15) is 18.3 Å². The molecule has 0 radical (unpaired) electrons. The Morgan fingerprint density at radius 1 is 0.976 bits per heavy atom. The Hall–Kier alpha value is -3.56. The molecule has 0 bridgehead atoms. The summed E-state index contributed by atoms with van der Waals surface area (Å²) in [5.74, 6) is 0.0649. The number of nitrogens with one attached hydrogen (secondary N) is 1. The number of rotatable bonds is 13. The maximum Gasteiger partial charge on any atom is 0.264 e. The number of hydrogen-bond acceptors (Lipinski definition) is 5. The number of halogens is 1. The van der Waals surface area contributed by atoms with Gasteiger partial charge in [-0.1, -0.05) is 68.8 Å². The topological polar surface area (TPSA) is 96.0 Å². The lowest BCUT2D eigenvalue weighted by Gasteiger charge is -2.33. The fourth-order valence-electron chi connectivity index (χ4n) is 4.37. The molecule has 0 spiro atoms. The van der Waals surface area contributed by atoms with E-state index in [2.05, 4.69) is 5.32 Å². The van der Waals surface area contributed by atoms with Crippen LogP contribution in [0, 0.1) is 12.8 Å². The van der Waals surface area contributed by atoms with Crippen LogP contribution in [0.3, 0.4) is 0 Å². The summed E-state index contributed by atoms with van der Waals surface area (Å²) in [4.78, 5) is 29.0. The minimum atomic E-state index is -4.17. The predicted molar refractivity (Wildman–Crippen MR) is 163 cm³/mol. The zero-order valence-electron chi connectivity index (χ0n) is 24.1. The fraction of sp³-hybridized carbons (Fsp3) is 0.355. The van der Waals surface area contributed by atoms with Gasteiger partial charge >= 0.3 is 0 Å². The van der Waals surface area contributed by atoms with Gasteiger partial charge in [-0.2, -0.15) is 0 Å². The molecule has 41 heavy (non-hydrogen) atoms. The van der Waals surface area contributed by atoms with Crippen LogP contribution in [0.25, 0.3) is 0 Å². The molecule has 0 aliphatic carbocycles. The summed E-state index contributed by atoms with van der Waals surface area (Å²) in [5.41, 5.74) is 1.58. The minimum Gasteiger partial charge on any atom is -0.497 e. The number of anilines is 1. The van der Waals surface area contributed by atoms with Crippen LogP contribution in [-0.4, -0.2) is 51.4 Å². The van der Waals surface area contributed by atoms with E-state index in [-0.39, 0.29) is 29.0 Å². The van der Waals surface area contributed by atoms with E-state index in [1.54, 1.807) is 62.6 Å². The van der Waals surface area contributed by atoms with Gasteiger partial charge in [0.2, 0.25) is 11.8 Å². The van der Waals surface area contributed by atoms with Crippen LogP contribution in [0.2, 0.25) is 5.02 Å². The van der Waals surface area contributed by atoms with Crippen LogP contribution >= 0.6 is 11.6 Å². The van der Waals surface area contributed by atoms with Gasteiger partial charge in [-0.25, -0.2) is 8.42 Å². The molecule has 3 rings (SSSR count). The molecule has 0 aromatic heterocycles. The number of benzene rings is 3. The van der Waals surface area contributed by atoms with Crippen molar-refractivity contribution in [3.8, 4) is 5.75 Å². The zero-order valence-corrected chi connectivity index (χ0v) is 25.7. The second kappa shape index (κ2) is 14.4. The predicted octanol–water partition coefficient (Wildman–Crippen LogP) is 5.43. The van der Waals surface area contributed by atoms with Crippen molar-refractivity contribution in [2.75, 3.05) is 24.5 Å². The van der Waals surface area contributed by atoms with Gasteiger partial charge in [-0.3, -0.25) is 13.9 Å². The highest BCUT2D eigenvalue weighted by Crippen LogP contribution is 2.31. The Morgan fingerprint density at radius 3 is 2.22 bits per heavy atom. The molecule has 0 fully saturated rings. The molecule has 2 amide bonds. The summed E-state index contributed by atoms with van der Waals surface area (Å²) < 4.78 is 34.2. The Labute approximate surface area is 248 Å². The van der Waals surface area contributed by atoms with E-state index in [9.17, 15) is 18.0 Å². The lowest BCUT2D eigenvalue weighted by atomic mass is 10.1. The summed E-state index contributed by atoms with van der Waals surface area (Å²) in [6, 6.07) is 19.2. The van der Waals surface area contributed by atoms with E-state index in [4.69, 9.17) is 16.3 Å². The molecule has 0 aliphatic heterocycles. The lowest BCUT2D eigenvalue weighted by Crippen LogP contribution is -2.52. The zero-order chi connectivity index (χ0) is 30.2. The van der Waals surface area contributed by atoms with Gasteiger partial charge in [-0.05, 0) is 66.8 Å². The van der Waals surface area contributed by atoms with Crippen LogP contribution in [0.4, 0.5) is 5.69 Å². The van der Waals surface area contributed by atoms with Gasteiger partial charge in [0, 0.05) is 18.1 Å². The number of amides is 2. The first-order valence-corrected chi connectivity index (χ1v) is 15.3. The van der Waals surface area contributed by atoms with Crippen molar-refractivity contribution in [1.29, 1.82) is 0 Å². The van der Waals surface area contributed by atoms with Crippen LogP contribution in [0.5, 0.6) is 5.75 Å². The standard InChI is InChI=1S/C31H38ClN3O5S/c1-6-28(31(37)33-19-22(2)3)34(20-24-15-17-25(40-5)18-16-24)30(36)21-35(29-14-10-13-27(32)23(29)4)41(38,39)26-11-8-7-9-12-26/h7-18,22,28H,6,19-21H2,1-5H3,(H,33,37). The number of carbonyl (C=O) groups excluding carboxylic acids is 2. The Balaban J connectivity index is 2.07. The van der Waals surface area contributed by atoms with Crippen molar-refractivity contribution in [3.05, 3.63) is 88.9 Å². The molecule has 220 valence electrons. The average molecular weight is 600 g/mol.